The molecule has 0 fully saturated rings. The lowest BCUT2D eigenvalue weighted by Crippen LogP contribution is -2.07. The highest BCUT2D eigenvalue weighted by atomic mass is 19.4. The minimum atomic E-state index is -4.64. The topological polar surface area (TPSA) is 82.5 Å². The van der Waals surface area contributed by atoms with E-state index >= 15 is 0 Å². The predicted molar refractivity (Wildman–Crippen MR) is 129 cm³/mol. The minimum Gasteiger partial charge on any atom is -0.359 e. The second-order valence-corrected chi connectivity index (χ2v) is 8.57. The Balaban J connectivity index is 1.29. The molecule has 2 aliphatic heterocycles. The van der Waals surface area contributed by atoms with E-state index in [9.17, 15) is 22.0 Å². The molecule has 0 bridgehead atoms. The van der Waals surface area contributed by atoms with Crippen LogP contribution in [0.25, 0.3) is 45.2 Å². The molecule has 12 heteroatoms. The number of hydrogen-bond donors (Lipinski definition) is 0. The zero-order valence-corrected chi connectivity index (χ0v) is 19.7. The number of benzene rings is 2. The summed E-state index contributed by atoms with van der Waals surface area (Å²) < 4.78 is 76.4. The fourth-order valence-electron chi connectivity index (χ4n) is 4.13. The summed E-state index contributed by atoms with van der Waals surface area (Å²) in [5.74, 6) is -1.84. The summed E-state index contributed by atoms with van der Waals surface area (Å²) in [6.07, 6.45) is 1.29. The molecule has 0 unspecified atom stereocenters. The monoisotopic (exact) mass is 534 g/mol. The molecule has 0 amide bonds. The van der Waals surface area contributed by atoms with Gasteiger partial charge in [-0.15, -0.1) is 0 Å². The van der Waals surface area contributed by atoms with Crippen molar-refractivity contribution in [2.75, 3.05) is 0 Å². The van der Waals surface area contributed by atoms with E-state index in [1.807, 2.05) is 0 Å². The summed E-state index contributed by atoms with van der Waals surface area (Å²) in [7, 11) is 0. The van der Waals surface area contributed by atoms with Gasteiger partial charge in [-0.1, -0.05) is 29.4 Å². The number of pyridine rings is 1. The molecule has 0 spiro atoms. The molecular formula is C27H15F5N6O. The molecule has 6 rings (SSSR count). The number of fused-ring (bicyclic) bond motifs is 1. The van der Waals surface area contributed by atoms with Gasteiger partial charge in [0.25, 0.3) is 0 Å². The number of rotatable bonds is 5. The largest absolute Gasteiger partial charge is 0.417 e. The van der Waals surface area contributed by atoms with Crippen molar-refractivity contribution >= 4 is 0 Å². The number of nitrogens with zero attached hydrogens (tertiary/aromatic N) is 6. The van der Waals surface area contributed by atoms with Crippen LogP contribution < -0.4 is 0 Å². The Morgan fingerprint density at radius 1 is 0.821 bits per heavy atom. The first kappa shape index (κ1) is 24.3. The van der Waals surface area contributed by atoms with E-state index in [1.54, 1.807) is 18.2 Å². The molecule has 0 saturated heterocycles. The van der Waals surface area contributed by atoms with Crippen molar-refractivity contribution in [3.8, 4) is 45.2 Å². The molecular weight excluding hydrogens is 519 g/mol. The SMILES string of the molecule is Fc1cccc(-c2nc3cnn(Cc4cc(-c5ccc(-c6cccnc6)cc5C(F)(F)F)no4)cc-3n2)c1F. The van der Waals surface area contributed by atoms with Gasteiger partial charge in [-0.05, 0) is 29.8 Å². The van der Waals surface area contributed by atoms with Crippen LogP contribution in [-0.4, -0.2) is 29.9 Å². The van der Waals surface area contributed by atoms with Crippen molar-refractivity contribution in [3.63, 3.8) is 0 Å². The Morgan fingerprint density at radius 2 is 1.67 bits per heavy atom. The minimum absolute atomic E-state index is 0.00193. The summed E-state index contributed by atoms with van der Waals surface area (Å²) in [4.78, 5) is 12.4. The van der Waals surface area contributed by atoms with Gasteiger partial charge < -0.3 is 4.52 Å². The van der Waals surface area contributed by atoms with E-state index in [1.165, 1.54) is 53.7 Å². The highest BCUT2D eigenvalue weighted by Gasteiger charge is 2.35. The van der Waals surface area contributed by atoms with Gasteiger partial charge in [-0.3, -0.25) is 9.67 Å². The van der Waals surface area contributed by atoms with E-state index in [-0.39, 0.29) is 35.0 Å². The maximum absolute atomic E-state index is 14.2. The van der Waals surface area contributed by atoms with Crippen LogP contribution in [0, 0.1) is 11.6 Å². The van der Waals surface area contributed by atoms with Crippen LogP contribution in [0.2, 0.25) is 0 Å². The molecule has 2 aromatic carbocycles. The molecule has 2 aromatic heterocycles. The third-order valence-corrected chi connectivity index (χ3v) is 5.98. The van der Waals surface area contributed by atoms with Crippen molar-refractivity contribution in [2.45, 2.75) is 12.7 Å². The number of aromatic nitrogens is 6. The molecule has 0 radical (unpaired) electrons. The molecule has 4 heterocycles. The van der Waals surface area contributed by atoms with Gasteiger partial charge in [-0.2, -0.15) is 18.3 Å². The van der Waals surface area contributed by atoms with Crippen molar-refractivity contribution in [1.82, 2.24) is 29.9 Å². The highest BCUT2D eigenvalue weighted by molar-refractivity contribution is 5.72. The van der Waals surface area contributed by atoms with E-state index in [0.29, 0.717) is 22.5 Å². The molecule has 0 saturated carbocycles. The van der Waals surface area contributed by atoms with Gasteiger partial charge in [0.05, 0.1) is 23.5 Å². The fourth-order valence-corrected chi connectivity index (χ4v) is 4.13. The van der Waals surface area contributed by atoms with E-state index < -0.39 is 23.4 Å². The van der Waals surface area contributed by atoms with Crippen LogP contribution in [0.4, 0.5) is 22.0 Å². The Hall–Kier alpha value is -5.00. The van der Waals surface area contributed by atoms with Crippen molar-refractivity contribution < 1.29 is 26.5 Å². The number of hydrogen-bond acceptors (Lipinski definition) is 6. The lowest BCUT2D eigenvalue weighted by Gasteiger charge is -2.13. The Labute approximate surface area is 216 Å². The van der Waals surface area contributed by atoms with Gasteiger partial charge >= 0.3 is 6.18 Å². The van der Waals surface area contributed by atoms with E-state index in [4.69, 9.17) is 4.52 Å². The van der Waals surface area contributed by atoms with Crippen molar-refractivity contribution in [1.29, 1.82) is 0 Å². The first-order chi connectivity index (χ1) is 18.8. The number of alkyl halides is 3. The Kier molecular flexibility index (Phi) is 5.86. The van der Waals surface area contributed by atoms with Crippen molar-refractivity contribution in [3.05, 3.63) is 102 Å². The standard InChI is InChI=1S/C27H15F5N6O/c28-21-5-1-4-19(25(21)29)26-35-23-12-34-38(14-24(23)36-26)13-17-10-22(37-39-17)18-7-6-15(9-20(18)27(30,31)32)16-3-2-8-33-11-16/h1-12,14H,13H2. The van der Waals surface area contributed by atoms with E-state index in [2.05, 4.69) is 25.2 Å². The molecule has 2 aliphatic rings. The Morgan fingerprint density at radius 3 is 2.46 bits per heavy atom. The smallest absolute Gasteiger partial charge is 0.359 e. The summed E-state index contributed by atoms with van der Waals surface area (Å²) in [5.41, 5.74) is 0.542. The number of imidazole rings is 1. The van der Waals surface area contributed by atoms with Crippen molar-refractivity contribution in [2.24, 2.45) is 0 Å². The van der Waals surface area contributed by atoms with E-state index in [0.717, 1.165) is 12.1 Å². The van der Waals surface area contributed by atoms with Crippen LogP contribution in [0.15, 0.2) is 83.9 Å². The lowest BCUT2D eigenvalue weighted by molar-refractivity contribution is -0.137. The quantitative estimate of drug-likeness (QED) is 0.235. The molecule has 7 nitrogen and oxygen atoms in total. The molecule has 4 aromatic rings. The Bertz CT molecular complexity index is 1760. The van der Waals surface area contributed by atoms with Crippen LogP contribution in [0.3, 0.4) is 0 Å². The fraction of sp³-hybridized carbons (Fsp3) is 0.0741. The second-order valence-electron chi connectivity index (χ2n) is 8.57. The van der Waals surface area contributed by atoms with Crippen LogP contribution in [0.5, 0.6) is 0 Å². The summed E-state index contributed by atoms with van der Waals surface area (Å²) in [6, 6.07) is 12.4. The maximum atomic E-state index is 14.2. The van der Waals surface area contributed by atoms with Gasteiger partial charge in [-0.25, -0.2) is 18.7 Å². The third-order valence-electron chi connectivity index (χ3n) is 5.98. The molecule has 0 atom stereocenters. The average Bonchev–Trinajstić information content (AvgIpc) is 3.57. The molecule has 0 N–H and O–H groups in total. The molecule has 194 valence electrons. The van der Waals surface area contributed by atoms with Gasteiger partial charge in [0.1, 0.15) is 23.6 Å². The summed E-state index contributed by atoms with van der Waals surface area (Å²) >= 11 is 0. The zero-order valence-electron chi connectivity index (χ0n) is 19.7. The van der Waals surface area contributed by atoms with Crippen LogP contribution >= 0.6 is 0 Å². The summed E-state index contributed by atoms with van der Waals surface area (Å²) in [6.45, 7) is 0.0224. The van der Waals surface area contributed by atoms with Gasteiger partial charge in [0.15, 0.2) is 23.2 Å². The third kappa shape index (κ3) is 4.72. The predicted octanol–water partition coefficient (Wildman–Crippen LogP) is 6.51. The second kappa shape index (κ2) is 9.39. The van der Waals surface area contributed by atoms with Gasteiger partial charge in [0.2, 0.25) is 0 Å². The van der Waals surface area contributed by atoms with Crippen LogP contribution in [0.1, 0.15) is 11.3 Å². The first-order valence-corrected chi connectivity index (χ1v) is 11.5. The average molecular weight is 534 g/mol. The normalized spacial score (nSPS) is 11.8. The summed E-state index contributed by atoms with van der Waals surface area (Å²) in [5, 5.41) is 8.06. The zero-order chi connectivity index (χ0) is 27.1. The van der Waals surface area contributed by atoms with Crippen LogP contribution in [-0.2, 0) is 12.7 Å². The maximum Gasteiger partial charge on any atom is 0.417 e. The first-order valence-electron chi connectivity index (χ1n) is 11.5. The highest BCUT2D eigenvalue weighted by Crippen LogP contribution is 2.39. The molecule has 0 aliphatic carbocycles. The lowest BCUT2D eigenvalue weighted by atomic mass is 9.98. The number of halogens is 5. The molecule has 39 heavy (non-hydrogen) atoms. The van der Waals surface area contributed by atoms with Gasteiger partial charge in [0, 0.05) is 29.6 Å².